The van der Waals surface area contributed by atoms with Crippen molar-refractivity contribution in [1.82, 2.24) is 0 Å². The minimum Gasteiger partial charge on any atom is -0.377 e. The van der Waals surface area contributed by atoms with Crippen molar-refractivity contribution in [2.24, 2.45) is 0 Å². The molecule has 0 aromatic heterocycles. The van der Waals surface area contributed by atoms with Gasteiger partial charge in [-0.1, -0.05) is 25.7 Å². The second-order valence-corrected chi connectivity index (χ2v) is 5.73. The number of nitro groups is 1. The van der Waals surface area contributed by atoms with Crippen molar-refractivity contribution in [2.75, 3.05) is 5.32 Å². The SMILES string of the molecule is O=[N+]([O-])c1cc(Br)c(F)cc1NC1CCCCCC1. The Bertz CT molecular complexity index is 474. The van der Waals surface area contributed by atoms with E-state index in [2.05, 4.69) is 21.2 Å². The van der Waals surface area contributed by atoms with Gasteiger partial charge in [-0.3, -0.25) is 10.1 Å². The average Bonchev–Trinajstić information content (AvgIpc) is 2.62. The summed E-state index contributed by atoms with van der Waals surface area (Å²) in [6.07, 6.45) is 6.60. The topological polar surface area (TPSA) is 55.2 Å². The van der Waals surface area contributed by atoms with Crippen LogP contribution in [0.4, 0.5) is 15.8 Å². The van der Waals surface area contributed by atoms with Gasteiger partial charge in [0, 0.05) is 18.2 Å². The maximum atomic E-state index is 13.5. The van der Waals surface area contributed by atoms with Gasteiger partial charge in [-0.15, -0.1) is 0 Å². The van der Waals surface area contributed by atoms with Gasteiger partial charge >= 0.3 is 0 Å². The van der Waals surface area contributed by atoms with Crippen LogP contribution in [-0.2, 0) is 0 Å². The van der Waals surface area contributed by atoms with Crippen LogP contribution < -0.4 is 5.32 Å². The van der Waals surface area contributed by atoms with E-state index in [0.717, 1.165) is 25.7 Å². The molecule has 104 valence electrons. The largest absolute Gasteiger partial charge is 0.377 e. The quantitative estimate of drug-likeness (QED) is 0.499. The van der Waals surface area contributed by atoms with Crippen LogP contribution in [0.25, 0.3) is 0 Å². The molecule has 1 aliphatic rings. The van der Waals surface area contributed by atoms with Gasteiger partial charge < -0.3 is 5.32 Å². The molecule has 1 aliphatic carbocycles. The molecule has 1 aromatic carbocycles. The Morgan fingerprint density at radius 2 is 1.89 bits per heavy atom. The number of rotatable bonds is 3. The monoisotopic (exact) mass is 330 g/mol. The van der Waals surface area contributed by atoms with E-state index >= 15 is 0 Å². The number of hydrogen-bond acceptors (Lipinski definition) is 3. The summed E-state index contributed by atoms with van der Waals surface area (Å²) in [7, 11) is 0. The maximum absolute atomic E-state index is 13.5. The van der Waals surface area contributed by atoms with Crippen molar-refractivity contribution in [3.05, 3.63) is 32.5 Å². The first-order valence-electron chi connectivity index (χ1n) is 6.48. The molecule has 0 saturated heterocycles. The smallest absolute Gasteiger partial charge is 0.293 e. The minimum atomic E-state index is -0.485. The molecule has 0 atom stereocenters. The van der Waals surface area contributed by atoms with E-state index < -0.39 is 10.7 Å². The molecule has 0 bridgehead atoms. The van der Waals surface area contributed by atoms with Gasteiger partial charge in [0.2, 0.25) is 0 Å². The highest BCUT2D eigenvalue weighted by Gasteiger charge is 2.20. The normalized spacial score (nSPS) is 16.9. The summed E-state index contributed by atoms with van der Waals surface area (Å²) in [4.78, 5) is 10.5. The van der Waals surface area contributed by atoms with Crippen molar-refractivity contribution in [2.45, 2.75) is 44.6 Å². The first-order valence-corrected chi connectivity index (χ1v) is 7.27. The number of nitrogens with zero attached hydrogens (tertiary/aromatic N) is 1. The van der Waals surface area contributed by atoms with Crippen molar-refractivity contribution in [1.29, 1.82) is 0 Å². The first kappa shape index (κ1) is 14.2. The molecule has 2 rings (SSSR count). The molecule has 1 saturated carbocycles. The van der Waals surface area contributed by atoms with E-state index in [-0.39, 0.29) is 21.9 Å². The highest BCUT2D eigenvalue weighted by atomic mass is 79.9. The molecule has 0 heterocycles. The fourth-order valence-corrected chi connectivity index (χ4v) is 2.78. The third-order valence-corrected chi connectivity index (χ3v) is 4.06. The Balaban J connectivity index is 2.22. The standard InChI is InChI=1S/C13H16BrFN2O2/c14-10-7-13(17(18)19)12(8-11(10)15)16-9-5-3-1-2-4-6-9/h7-9,16H,1-6H2. The van der Waals surface area contributed by atoms with Crippen molar-refractivity contribution < 1.29 is 9.31 Å². The van der Waals surface area contributed by atoms with Crippen molar-refractivity contribution >= 4 is 27.3 Å². The lowest BCUT2D eigenvalue weighted by Crippen LogP contribution is -2.19. The molecular weight excluding hydrogens is 315 g/mol. The number of hydrogen-bond donors (Lipinski definition) is 1. The Kier molecular flexibility index (Phi) is 4.74. The van der Waals surface area contributed by atoms with Crippen LogP contribution in [0, 0.1) is 15.9 Å². The van der Waals surface area contributed by atoms with Gasteiger partial charge in [0.1, 0.15) is 11.5 Å². The Hall–Kier alpha value is -1.17. The Morgan fingerprint density at radius 3 is 2.47 bits per heavy atom. The van der Waals surface area contributed by atoms with Crippen LogP contribution in [0.3, 0.4) is 0 Å². The van der Waals surface area contributed by atoms with E-state index in [0.29, 0.717) is 0 Å². The van der Waals surface area contributed by atoms with Crippen LogP contribution in [0.5, 0.6) is 0 Å². The Labute approximate surface area is 119 Å². The van der Waals surface area contributed by atoms with Crippen LogP contribution >= 0.6 is 15.9 Å². The summed E-state index contributed by atoms with van der Waals surface area (Å²) in [5.74, 6) is -0.485. The van der Waals surface area contributed by atoms with Gasteiger partial charge in [-0.05, 0) is 28.8 Å². The first-order chi connectivity index (χ1) is 9.08. The predicted octanol–water partition coefficient (Wildman–Crippen LogP) is 4.63. The average molecular weight is 331 g/mol. The molecular formula is C13H16BrFN2O2. The summed E-state index contributed by atoms with van der Waals surface area (Å²) in [6.45, 7) is 0. The maximum Gasteiger partial charge on any atom is 0.293 e. The molecule has 0 amide bonds. The third kappa shape index (κ3) is 3.65. The zero-order chi connectivity index (χ0) is 13.8. The zero-order valence-electron chi connectivity index (χ0n) is 10.5. The number of halogens is 2. The second kappa shape index (κ2) is 6.32. The van der Waals surface area contributed by atoms with Gasteiger partial charge in [-0.25, -0.2) is 4.39 Å². The van der Waals surface area contributed by atoms with Crippen LogP contribution in [-0.4, -0.2) is 11.0 Å². The molecule has 4 nitrogen and oxygen atoms in total. The molecule has 1 fully saturated rings. The summed E-state index contributed by atoms with van der Waals surface area (Å²) in [5.41, 5.74) is 0.190. The fourth-order valence-electron chi connectivity index (χ4n) is 2.45. The number of benzene rings is 1. The third-order valence-electron chi connectivity index (χ3n) is 3.45. The Morgan fingerprint density at radius 1 is 1.26 bits per heavy atom. The number of nitrogens with one attached hydrogen (secondary N) is 1. The fraction of sp³-hybridized carbons (Fsp3) is 0.538. The lowest BCUT2D eigenvalue weighted by molar-refractivity contribution is -0.384. The van der Waals surface area contributed by atoms with Gasteiger partial charge in [0.05, 0.1) is 9.40 Å². The molecule has 0 unspecified atom stereocenters. The van der Waals surface area contributed by atoms with Crippen LogP contribution in [0.1, 0.15) is 38.5 Å². The highest BCUT2D eigenvalue weighted by Crippen LogP contribution is 2.32. The molecule has 0 aliphatic heterocycles. The lowest BCUT2D eigenvalue weighted by Gasteiger charge is -2.17. The summed E-state index contributed by atoms with van der Waals surface area (Å²) >= 11 is 2.98. The van der Waals surface area contributed by atoms with Crippen LogP contribution in [0.15, 0.2) is 16.6 Å². The molecule has 1 N–H and O–H groups in total. The summed E-state index contributed by atoms with van der Waals surface area (Å²) in [6, 6.07) is 2.61. The van der Waals surface area contributed by atoms with E-state index in [4.69, 9.17) is 0 Å². The predicted molar refractivity (Wildman–Crippen MR) is 75.9 cm³/mol. The van der Waals surface area contributed by atoms with E-state index in [1.54, 1.807) is 0 Å². The molecule has 1 aromatic rings. The zero-order valence-corrected chi connectivity index (χ0v) is 12.1. The number of nitro benzene ring substituents is 1. The summed E-state index contributed by atoms with van der Waals surface area (Å²) < 4.78 is 13.7. The minimum absolute atomic E-state index is 0.0856. The van der Waals surface area contributed by atoms with E-state index in [1.165, 1.54) is 25.0 Å². The molecule has 19 heavy (non-hydrogen) atoms. The van der Waals surface area contributed by atoms with Gasteiger partial charge in [-0.2, -0.15) is 0 Å². The van der Waals surface area contributed by atoms with Crippen molar-refractivity contribution in [3.63, 3.8) is 0 Å². The molecule has 6 heteroatoms. The van der Waals surface area contributed by atoms with Gasteiger partial charge in [0.25, 0.3) is 5.69 Å². The van der Waals surface area contributed by atoms with E-state index in [1.807, 2.05) is 0 Å². The second-order valence-electron chi connectivity index (χ2n) is 4.87. The van der Waals surface area contributed by atoms with Crippen molar-refractivity contribution in [3.8, 4) is 0 Å². The van der Waals surface area contributed by atoms with E-state index in [9.17, 15) is 14.5 Å². The molecule has 0 spiro atoms. The van der Waals surface area contributed by atoms with Gasteiger partial charge in [0.15, 0.2) is 0 Å². The lowest BCUT2D eigenvalue weighted by atomic mass is 10.1. The van der Waals surface area contributed by atoms with Crippen LogP contribution in [0.2, 0.25) is 0 Å². The summed E-state index contributed by atoms with van der Waals surface area (Å²) in [5, 5.41) is 14.2. The highest BCUT2D eigenvalue weighted by molar-refractivity contribution is 9.10. The molecule has 0 radical (unpaired) electrons. The number of anilines is 1.